The summed E-state index contributed by atoms with van der Waals surface area (Å²) < 4.78 is 33.2. The average molecular weight is 547 g/mol. The number of hydrogen-bond acceptors (Lipinski definition) is 7. The molecule has 6 rings (SSSR count). The molecule has 4 aromatic rings. The number of fused-ring (bicyclic) bond motifs is 2. The van der Waals surface area contributed by atoms with Gasteiger partial charge in [-0.05, 0) is 67.1 Å². The molecule has 1 atom stereocenters. The fourth-order valence-electron chi connectivity index (χ4n) is 5.71. The first kappa shape index (κ1) is 25.8. The molecule has 2 aromatic carbocycles. The van der Waals surface area contributed by atoms with Gasteiger partial charge in [0, 0.05) is 37.4 Å². The Labute approximate surface area is 229 Å². The number of benzene rings is 2. The zero-order chi connectivity index (χ0) is 27.0. The highest BCUT2D eigenvalue weighted by Gasteiger charge is 2.24. The second kappa shape index (κ2) is 10.6. The highest BCUT2D eigenvalue weighted by molar-refractivity contribution is 7.92. The molecular weight excluding hydrogens is 512 g/mol. The van der Waals surface area contributed by atoms with Crippen LogP contribution in [0.1, 0.15) is 24.0 Å². The fourth-order valence-corrected chi connectivity index (χ4v) is 6.23. The van der Waals surface area contributed by atoms with Gasteiger partial charge in [-0.1, -0.05) is 24.3 Å². The minimum Gasteiger partial charge on any atom is -0.379 e. The highest BCUT2D eigenvalue weighted by atomic mass is 32.2. The van der Waals surface area contributed by atoms with Crippen molar-refractivity contribution in [1.82, 2.24) is 19.5 Å². The number of rotatable bonds is 6. The van der Waals surface area contributed by atoms with E-state index in [1.807, 2.05) is 30.3 Å². The first-order valence-electron chi connectivity index (χ1n) is 13.5. The number of nitrogens with one attached hydrogen (secondary N) is 1. The van der Waals surface area contributed by atoms with E-state index in [0.29, 0.717) is 17.7 Å². The Balaban J connectivity index is 1.25. The Morgan fingerprint density at radius 1 is 1.00 bits per heavy atom. The quantitative estimate of drug-likeness (QED) is 0.364. The van der Waals surface area contributed by atoms with Crippen molar-refractivity contribution in [1.29, 1.82) is 0 Å². The van der Waals surface area contributed by atoms with E-state index in [9.17, 15) is 8.42 Å². The predicted octanol–water partition coefficient (Wildman–Crippen LogP) is 4.12. The summed E-state index contributed by atoms with van der Waals surface area (Å²) in [5, 5.41) is 8.18. The van der Waals surface area contributed by atoms with Crippen LogP contribution in [-0.2, 0) is 27.6 Å². The minimum absolute atomic E-state index is 0.480. The van der Waals surface area contributed by atoms with Crippen LogP contribution in [-0.4, -0.2) is 73.6 Å². The normalized spacial score (nSPS) is 18.5. The van der Waals surface area contributed by atoms with E-state index >= 15 is 0 Å². The smallest absolute Gasteiger partial charge is 0.245 e. The van der Waals surface area contributed by atoms with Gasteiger partial charge in [0.2, 0.25) is 16.0 Å². The molecule has 0 radical (unpaired) electrons. The summed E-state index contributed by atoms with van der Waals surface area (Å²) in [4.78, 5) is 7.14. The third-order valence-corrected chi connectivity index (χ3v) is 9.13. The summed E-state index contributed by atoms with van der Waals surface area (Å²) in [6.45, 7) is 3.74. The van der Waals surface area contributed by atoms with Crippen molar-refractivity contribution in [3.8, 4) is 11.3 Å². The number of morpholine rings is 1. The average Bonchev–Trinajstić information content (AvgIpc) is 3.24. The lowest BCUT2D eigenvalue weighted by atomic mass is 10.0. The summed E-state index contributed by atoms with van der Waals surface area (Å²) in [5.41, 5.74) is 6.75. The van der Waals surface area contributed by atoms with Crippen LogP contribution in [0, 0.1) is 0 Å². The Bertz CT molecular complexity index is 1600. The molecule has 0 amide bonds. The van der Waals surface area contributed by atoms with Crippen molar-refractivity contribution >= 4 is 32.9 Å². The molecule has 3 heterocycles. The summed E-state index contributed by atoms with van der Waals surface area (Å²) in [7, 11) is -1.86. The summed E-state index contributed by atoms with van der Waals surface area (Å²) in [6.07, 6.45) is 7.47. The molecule has 10 heteroatoms. The van der Waals surface area contributed by atoms with E-state index in [4.69, 9.17) is 9.84 Å². The Hall–Kier alpha value is -3.47. The molecule has 39 heavy (non-hydrogen) atoms. The zero-order valence-electron chi connectivity index (χ0n) is 22.4. The van der Waals surface area contributed by atoms with Crippen molar-refractivity contribution in [2.45, 2.75) is 31.7 Å². The van der Waals surface area contributed by atoms with Crippen LogP contribution in [0.2, 0.25) is 0 Å². The molecule has 1 saturated heterocycles. The maximum atomic E-state index is 12.3. The molecular formula is C29H34N6O3S. The molecule has 0 spiro atoms. The summed E-state index contributed by atoms with van der Waals surface area (Å²) >= 11 is 0. The predicted molar refractivity (Wildman–Crippen MR) is 154 cm³/mol. The molecule has 2 aliphatic rings. The number of aryl methyl sites for hydroxylation is 2. The van der Waals surface area contributed by atoms with E-state index in [1.165, 1.54) is 28.1 Å². The van der Waals surface area contributed by atoms with Gasteiger partial charge >= 0.3 is 0 Å². The highest BCUT2D eigenvalue weighted by Crippen LogP contribution is 2.33. The number of nitrogens with zero attached hydrogens (tertiary/aromatic N) is 5. The van der Waals surface area contributed by atoms with Crippen LogP contribution >= 0.6 is 0 Å². The van der Waals surface area contributed by atoms with Crippen LogP contribution in [0.3, 0.4) is 0 Å². The van der Waals surface area contributed by atoms with Gasteiger partial charge in [-0.25, -0.2) is 17.9 Å². The summed E-state index contributed by atoms with van der Waals surface area (Å²) in [6, 6.07) is 18.5. The number of anilines is 3. The van der Waals surface area contributed by atoms with Crippen LogP contribution in [0.4, 0.5) is 17.3 Å². The van der Waals surface area contributed by atoms with E-state index in [2.05, 4.69) is 33.4 Å². The first-order chi connectivity index (χ1) is 18.9. The summed E-state index contributed by atoms with van der Waals surface area (Å²) in [5.74, 6) is 0.480. The van der Waals surface area contributed by atoms with Gasteiger partial charge in [0.1, 0.15) is 0 Å². The van der Waals surface area contributed by atoms with Crippen molar-refractivity contribution in [2.75, 3.05) is 49.2 Å². The second-order valence-electron chi connectivity index (χ2n) is 10.4. The number of para-hydroxylation sites is 1. The van der Waals surface area contributed by atoms with Crippen LogP contribution in [0.15, 0.2) is 60.8 Å². The minimum atomic E-state index is -3.42. The molecule has 9 nitrogen and oxygen atoms in total. The molecule has 1 fully saturated rings. The number of hydrogen-bond donors (Lipinski definition) is 1. The maximum absolute atomic E-state index is 12.3. The van der Waals surface area contributed by atoms with Crippen LogP contribution < -0.4 is 9.62 Å². The molecule has 0 saturated carbocycles. The van der Waals surface area contributed by atoms with E-state index < -0.39 is 10.0 Å². The van der Waals surface area contributed by atoms with Crippen LogP contribution in [0.25, 0.3) is 16.8 Å². The lowest BCUT2D eigenvalue weighted by Crippen LogP contribution is -2.43. The first-order valence-corrected chi connectivity index (χ1v) is 15.3. The third kappa shape index (κ3) is 5.36. The molecule has 204 valence electrons. The standard InChI is InChI=1S/C29H34N6O3S/c1-33(39(2,36)37)27-6-4-3-5-26(27)28-14-13-25-20-30-29(32-35(25)28)31-23-10-7-21-8-11-24(12-9-22(21)19-23)34-15-17-38-18-16-34/h3-7,10,13-14,19-20,24H,8-9,11-12,15-18H2,1-2H3,(H,31,32). The number of aromatic nitrogens is 3. The lowest BCUT2D eigenvalue weighted by Gasteiger charge is -2.33. The van der Waals surface area contributed by atoms with Crippen molar-refractivity contribution < 1.29 is 13.2 Å². The Kier molecular flexibility index (Phi) is 7.01. The van der Waals surface area contributed by atoms with Crippen LogP contribution in [0.5, 0.6) is 0 Å². The number of sulfonamides is 1. The Morgan fingerprint density at radius 3 is 2.56 bits per heavy atom. The molecule has 1 unspecified atom stereocenters. The van der Waals surface area contributed by atoms with Gasteiger partial charge in [-0.15, -0.1) is 5.10 Å². The van der Waals surface area contributed by atoms with Gasteiger partial charge in [0.15, 0.2) is 0 Å². The molecule has 0 bridgehead atoms. The lowest BCUT2D eigenvalue weighted by molar-refractivity contribution is 0.0136. The van der Waals surface area contributed by atoms with Gasteiger partial charge in [0.25, 0.3) is 0 Å². The molecule has 1 aliphatic carbocycles. The second-order valence-corrected chi connectivity index (χ2v) is 12.4. The Morgan fingerprint density at radius 2 is 1.77 bits per heavy atom. The van der Waals surface area contributed by atoms with Crippen molar-refractivity contribution in [3.63, 3.8) is 0 Å². The molecule has 1 aliphatic heterocycles. The largest absolute Gasteiger partial charge is 0.379 e. The van der Waals surface area contributed by atoms with E-state index in [0.717, 1.165) is 68.0 Å². The van der Waals surface area contributed by atoms with E-state index in [-0.39, 0.29) is 0 Å². The van der Waals surface area contributed by atoms with Crippen molar-refractivity contribution in [2.24, 2.45) is 0 Å². The van der Waals surface area contributed by atoms with Crippen molar-refractivity contribution in [3.05, 3.63) is 71.9 Å². The third-order valence-electron chi connectivity index (χ3n) is 7.93. The van der Waals surface area contributed by atoms with Gasteiger partial charge in [-0.2, -0.15) is 0 Å². The van der Waals surface area contributed by atoms with Gasteiger partial charge in [-0.3, -0.25) is 9.21 Å². The topological polar surface area (TPSA) is 92.1 Å². The molecule has 2 aromatic heterocycles. The fraction of sp³-hybridized carbons (Fsp3) is 0.379. The van der Waals surface area contributed by atoms with Gasteiger partial charge < -0.3 is 10.1 Å². The van der Waals surface area contributed by atoms with Gasteiger partial charge in [0.05, 0.1) is 42.6 Å². The molecule has 1 N–H and O–H groups in total. The maximum Gasteiger partial charge on any atom is 0.245 e. The zero-order valence-corrected chi connectivity index (χ0v) is 23.2. The SMILES string of the molecule is CN(c1ccccc1-c1ccc2cnc(Nc3ccc4c(c3)CCC(N3CCOCC3)CC4)nn12)S(C)(=O)=O. The monoisotopic (exact) mass is 546 g/mol. The van der Waals surface area contributed by atoms with E-state index in [1.54, 1.807) is 23.8 Å². The number of ether oxygens (including phenoxy) is 1.